The van der Waals surface area contributed by atoms with Gasteiger partial charge in [0.1, 0.15) is 11.5 Å². The third-order valence-electron chi connectivity index (χ3n) is 3.58. The maximum absolute atomic E-state index is 11.9. The van der Waals surface area contributed by atoms with Gasteiger partial charge in [0.25, 0.3) is 5.56 Å². The molecule has 2 rings (SSSR count). The SMILES string of the molecule is CCc1c(-c2ccc(OC)cc2C)[nH]c(=O)c(C)c1O. The van der Waals surface area contributed by atoms with Crippen LogP contribution in [-0.2, 0) is 6.42 Å². The molecule has 0 radical (unpaired) electrons. The number of hydrogen-bond acceptors (Lipinski definition) is 3. The molecule has 106 valence electrons. The predicted molar refractivity (Wildman–Crippen MR) is 79.6 cm³/mol. The number of hydrogen-bond donors (Lipinski definition) is 2. The fraction of sp³-hybridized carbons (Fsp3) is 0.312. The molecule has 0 amide bonds. The summed E-state index contributed by atoms with van der Waals surface area (Å²) < 4.78 is 5.19. The molecule has 0 aliphatic carbocycles. The molecule has 0 saturated heterocycles. The van der Waals surface area contributed by atoms with E-state index in [4.69, 9.17) is 4.74 Å². The molecule has 2 N–H and O–H groups in total. The van der Waals surface area contributed by atoms with Crippen LogP contribution in [-0.4, -0.2) is 17.2 Å². The number of aromatic amines is 1. The normalized spacial score (nSPS) is 10.6. The van der Waals surface area contributed by atoms with E-state index in [9.17, 15) is 9.90 Å². The van der Waals surface area contributed by atoms with Crippen molar-refractivity contribution in [3.8, 4) is 22.8 Å². The maximum Gasteiger partial charge on any atom is 0.255 e. The van der Waals surface area contributed by atoms with Crippen molar-refractivity contribution in [3.63, 3.8) is 0 Å². The monoisotopic (exact) mass is 273 g/mol. The lowest BCUT2D eigenvalue weighted by atomic mass is 9.97. The first-order chi connectivity index (χ1) is 9.49. The fourth-order valence-electron chi connectivity index (χ4n) is 2.35. The molecular weight excluding hydrogens is 254 g/mol. The molecular formula is C16H19NO3. The van der Waals surface area contributed by atoms with Gasteiger partial charge in [0, 0.05) is 11.1 Å². The molecule has 4 nitrogen and oxygen atoms in total. The molecule has 0 spiro atoms. The van der Waals surface area contributed by atoms with Crippen molar-refractivity contribution in [3.05, 3.63) is 45.2 Å². The van der Waals surface area contributed by atoms with Gasteiger partial charge >= 0.3 is 0 Å². The summed E-state index contributed by atoms with van der Waals surface area (Å²) in [4.78, 5) is 14.8. The van der Waals surface area contributed by atoms with Crippen LogP contribution in [0, 0.1) is 13.8 Å². The van der Waals surface area contributed by atoms with E-state index in [1.54, 1.807) is 14.0 Å². The van der Waals surface area contributed by atoms with Crippen LogP contribution in [0.3, 0.4) is 0 Å². The number of rotatable bonds is 3. The van der Waals surface area contributed by atoms with Crippen LogP contribution >= 0.6 is 0 Å². The van der Waals surface area contributed by atoms with Crippen LogP contribution in [0.5, 0.6) is 11.5 Å². The van der Waals surface area contributed by atoms with E-state index in [0.29, 0.717) is 17.7 Å². The van der Waals surface area contributed by atoms with Crippen molar-refractivity contribution in [1.29, 1.82) is 0 Å². The molecule has 4 heteroatoms. The lowest BCUT2D eigenvalue weighted by molar-refractivity contribution is 0.414. The molecule has 20 heavy (non-hydrogen) atoms. The second-order valence-electron chi connectivity index (χ2n) is 4.82. The van der Waals surface area contributed by atoms with Crippen molar-refractivity contribution >= 4 is 0 Å². The smallest absolute Gasteiger partial charge is 0.255 e. The van der Waals surface area contributed by atoms with Gasteiger partial charge in [-0.1, -0.05) is 6.92 Å². The van der Waals surface area contributed by atoms with E-state index >= 15 is 0 Å². The molecule has 0 saturated carbocycles. The van der Waals surface area contributed by atoms with E-state index in [1.165, 1.54) is 0 Å². The number of aryl methyl sites for hydroxylation is 1. The van der Waals surface area contributed by atoms with Crippen molar-refractivity contribution in [2.24, 2.45) is 0 Å². The predicted octanol–water partition coefficient (Wildman–Crippen LogP) is 2.94. The number of aromatic hydroxyl groups is 1. The third kappa shape index (κ3) is 2.29. The molecule has 1 heterocycles. The minimum atomic E-state index is -0.259. The van der Waals surface area contributed by atoms with Gasteiger partial charge < -0.3 is 14.8 Å². The first-order valence-electron chi connectivity index (χ1n) is 6.59. The molecule has 0 bridgehead atoms. The summed E-state index contributed by atoms with van der Waals surface area (Å²) in [5.41, 5.74) is 3.42. The standard InChI is InChI=1S/C16H19NO3/c1-5-12-14(17-16(19)10(3)15(12)18)13-7-6-11(20-4)8-9(13)2/h6-8H,5H2,1-4H3,(H2,17,18,19). The molecule has 0 unspecified atom stereocenters. The zero-order valence-electron chi connectivity index (χ0n) is 12.2. The molecule has 0 aliphatic heterocycles. The van der Waals surface area contributed by atoms with Gasteiger partial charge in [0.2, 0.25) is 0 Å². The Labute approximate surface area is 118 Å². The summed E-state index contributed by atoms with van der Waals surface area (Å²) in [5.74, 6) is 0.851. The molecule has 0 aliphatic rings. The second kappa shape index (κ2) is 5.41. The molecule has 2 aromatic rings. The number of benzene rings is 1. The highest BCUT2D eigenvalue weighted by Gasteiger charge is 2.15. The topological polar surface area (TPSA) is 62.3 Å². The number of H-pyrrole nitrogens is 1. The lowest BCUT2D eigenvalue weighted by Crippen LogP contribution is -2.13. The minimum Gasteiger partial charge on any atom is -0.507 e. The van der Waals surface area contributed by atoms with Crippen molar-refractivity contribution in [2.75, 3.05) is 7.11 Å². The van der Waals surface area contributed by atoms with E-state index in [1.807, 2.05) is 32.0 Å². The Morgan fingerprint density at radius 1 is 1.30 bits per heavy atom. The number of ether oxygens (including phenoxy) is 1. The van der Waals surface area contributed by atoms with E-state index < -0.39 is 0 Å². The summed E-state index contributed by atoms with van der Waals surface area (Å²) in [6.07, 6.45) is 0.643. The van der Waals surface area contributed by atoms with Gasteiger partial charge in [-0.25, -0.2) is 0 Å². The van der Waals surface area contributed by atoms with E-state index in [-0.39, 0.29) is 11.3 Å². The molecule has 0 fully saturated rings. The summed E-state index contributed by atoms with van der Waals surface area (Å²) in [5, 5.41) is 10.2. The summed E-state index contributed by atoms with van der Waals surface area (Å²) in [6, 6.07) is 5.65. The average Bonchev–Trinajstić information content (AvgIpc) is 2.44. The largest absolute Gasteiger partial charge is 0.507 e. The van der Waals surface area contributed by atoms with E-state index in [0.717, 1.165) is 22.4 Å². The molecule has 0 atom stereocenters. The van der Waals surface area contributed by atoms with Gasteiger partial charge in [-0.2, -0.15) is 0 Å². The van der Waals surface area contributed by atoms with Gasteiger partial charge in [0.05, 0.1) is 18.4 Å². The van der Waals surface area contributed by atoms with Gasteiger partial charge in [-0.05, 0) is 44.0 Å². The Kier molecular flexibility index (Phi) is 3.84. The summed E-state index contributed by atoms with van der Waals surface area (Å²) in [7, 11) is 1.62. The van der Waals surface area contributed by atoms with Crippen LogP contribution in [0.15, 0.2) is 23.0 Å². The van der Waals surface area contributed by atoms with Crippen LogP contribution in [0.1, 0.15) is 23.6 Å². The zero-order chi connectivity index (χ0) is 14.9. The van der Waals surface area contributed by atoms with Crippen LogP contribution in [0.25, 0.3) is 11.3 Å². The highest BCUT2D eigenvalue weighted by molar-refractivity contribution is 5.70. The fourth-order valence-corrected chi connectivity index (χ4v) is 2.35. The Morgan fingerprint density at radius 2 is 2.00 bits per heavy atom. The number of aromatic nitrogens is 1. The average molecular weight is 273 g/mol. The van der Waals surface area contributed by atoms with Gasteiger partial charge in [-0.3, -0.25) is 4.79 Å². The van der Waals surface area contributed by atoms with Crippen LogP contribution in [0.2, 0.25) is 0 Å². The first-order valence-corrected chi connectivity index (χ1v) is 6.59. The number of pyridine rings is 1. The highest BCUT2D eigenvalue weighted by atomic mass is 16.5. The zero-order valence-corrected chi connectivity index (χ0v) is 12.2. The summed E-state index contributed by atoms with van der Waals surface area (Å²) in [6.45, 7) is 5.53. The Balaban J connectivity index is 2.72. The van der Waals surface area contributed by atoms with Crippen molar-refractivity contribution in [1.82, 2.24) is 4.98 Å². The quantitative estimate of drug-likeness (QED) is 0.903. The highest BCUT2D eigenvalue weighted by Crippen LogP contribution is 2.32. The van der Waals surface area contributed by atoms with Crippen molar-refractivity contribution < 1.29 is 9.84 Å². The number of methoxy groups -OCH3 is 1. The number of nitrogens with one attached hydrogen (secondary N) is 1. The third-order valence-corrected chi connectivity index (χ3v) is 3.58. The molecule has 1 aromatic carbocycles. The Hall–Kier alpha value is -2.23. The molecule has 1 aromatic heterocycles. The van der Waals surface area contributed by atoms with Crippen LogP contribution < -0.4 is 10.3 Å². The van der Waals surface area contributed by atoms with E-state index in [2.05, 4.69) is 4.98 Å². The minimum absolute atomic E-state index is 0.0847. The first kappa shape index (κ1) is 14.2. The summed E-state index contributed by atoms with van der Waals surface area (Å²) >= 11 is 0. The Bertz CT molecular complexity index is 702. The van der Waals surface area contributed by atoms with Gasteiger partial charge in [0.15, 0.2) is 0 Å². The Morgan fingerprint density at radius 3 is 2.55 bits per heavy atom. The van der Waals surface area contributed by atoms with Crippen molar-refractivity contribution in [2.45, 2.75) is 27.2 Å². The second-order valence-corrected chi connectivity index (χ2v) is 4.82. The van der Waals surface area contributed by atoms with Crippen LogP contribution in [0.4, 0.5) is 0 Å². The lowest BCUT2D eigenvalue weighted by Gasteiger charge is -2.14. The maximum atomic E-state index is 11.9. The van der Waals surface area contributed by atoms with Gasteiger partial charge in [-0.15, -0.1) is 0 Å².